The van der Waals surface area contributed by atoms with Crippen LogP contribution in [-0.4, -0.2) is 32.8 Å². The smallest absolute Gasteiger partial charge is 0.266 e. The molecule has 2 aliphatic rings. The molecule has 0 radical (unpaired) electrons. The van der Waals surface area contributed by atoms with Crippen LogP contribution in [0.4, 0.5) is 5.82 Å². The molecule has 0 unspecified atom stereocenters. The van der Waals surface area contributed by atoms with Gasteiger partial charge in [-0.1, -0.05) is 27.2 Å². The van der Waals surface area contributed by atoms with Crippen LogP contribution in [0.15, 0.2) is 29.2 Å². The highest BCUT2D eigenvalue weighted by Crippen LogP contribution is 2.35. The lowest BCUT2D eigenvalue weighted by molar-refractivity contribution is 0.329. The zero-order valence-corrected chi connectivity index (χ0v) is 17.3. The second-order valence-corrected chi connectivity index (χ2v) is 9.32. The Morgan fingerprint density at radius 2 is 1.82 bits per heavy atom. The van der Waals surface area contributed by atoms with Crippen LogP contribution in [0.2, 0.25) is 0 Å². The number of rotatable bonds is 4. The summed E-state index contributed by atoms with van der Waals surface area (Å²) in [7, 11) is 0. The highest BCUT2D eigenvalue weighted by atomic mass is 16.1. The molecular formula is C22H31N5O. The van der Waals surface area contributed by atoms with E-state index in [2.05, 4.69) is 35.8 Å². The zero-order valence-electron chi connectivity index (χ0n) is 17.3. The summed E-state index contributed by atoms with van der Waals surface area (Å²) >= 11 is 0. The van der Waals surface area contributed by atoms with E-state index in [-0.39, 0.29) is 11.0 Å². The first-order chi connectivity index (χ1) is 13.4. The molecule has 0 bridgehead atoms. The fourth-order valence-corrected chi connectivity index (χ4v) is 3.97. The Morgan fingerprint density at radius 1 is 1.07 bits per heavy atom. The van der Waals surface area contributed by atoms with Gasteiger partial charge in [0.15, 0.2) is 0 Å². The summed E-state index contributed by atoms with van der Waals surface area (Å²) in [6.07, 6.45) is 7.76. The SMILES string of the molecule is CC(C)(C)c1ccc(=O)n(CC2CCN(c3ccnc(C4CCC4)n3)CC2)n1. The molecule has 3 heterocycles. The molecule has 0 spiro atoms. The molecule has 1 aliphatic heterocycles. The fraction of sp³-hybridized carbons (Fsp3) is 0.636. The van der Waals surface area contributed by atoms with Crippen molar-refractivity contribution in [1.29, 1.82) is 0 Å². The summed E-state index contributed by atoms with van der Waals surface area (Å²) in [5, 5.41) is 4.63. The monoisotopic (exact) mass is 381 g/mol. The van der Waals surface area contributed by atoms with Crippen LogP contribution < -0.4 is 10.5 Å². The van der Waals surface area contributed by atoms with Crippen LogP contribution >= 0.6 is 0 Å². The van der Waals surface area contributed by atoms with E-state index in [1.807, 2.05) is 18.3 Å². The van der Waals surface area contributed by atoms with Gasteiger partial charge in [-0.15, -0.1) is 0 Å². The summed E-state index contributed by atoms with van der Waals surface area (Å²) in [5.74, 6) is 3.11. The molecule has 0 amide bonds. The number of piperidine rings is 1. The highest BCUT2D eigenvalue weighted by molar-refractivity contribution is 5.38. The van der Waals surface area contributed by atoms with Crippen molar-refractivity contribution in [3.63, 3.8) is 0 Å². The van der Waals surface area contributed by atoms with Crippen molar-refractivity contribution in [2.75, 3.05) is 18.0 Å². The number of nitrogens with zero attached hydrogens (tertiary/aromatic N) is 5. The maximum absolute atomic E-state index is 12.3. The predicted molar refractivity (Wildman–Crippen MR) is 111 cm³/mol. The van der Waals surface area contributed by atoms with E-state index in [1.165, 1.54) is 19.3 Å². The third-order valence-corrected chi connectivity index (χ3v) is 6.13. The van der Waals surface area contributed by atoms with Crippen molar-refractivity contribution in [3.05, 3.63) is 46.3 Å². The average Bonchev–Trinajstić information content (AvgIpc) is 2.62. The minimum atomic E-state index is -0.0516. The average molecular weight is 382 g/mol. The van der Waals surface area contributed by atoms with Gasteiger partial charge in [-0.3, -0.25) is 4.79 Å². The Bertz CT molecular complexity index is 873. The third-order valence-electron chi connectivity index (χ3n) is 6.13. The first kappa shape index (κ1) is 19.1. The summed E-state index contributed by atoms with van der Waals surface area (Å²) in [6, 6.07) is 5.54. The van der Waals surface area contributed by atoms with E-state index in [1.54, 1.807) is 10.7 Å². The molecule has 4 rings (SSSR count). The Hall–Kier alpha value is -2.24. The zero-order chi connectivity index (χ0) is 19.7. The molecule has 150 valence electrons. The summed E-state index contributed by atoms with van der Waals surface area (Å²) < 4.78 is 1.67. The van der Waals surface area contributed by atoms with Crippen LogP contribution in [-0.2, 0) is 12.0 Å². The van der Waals surface area contributed by atoms with Crippen molar-refractivity contribution in [2.45, 2.75) is 70.8 Å². The van der Waals surface area contributed by atoms with Crippen LogP contribution in [0.25, 0.3) is 0 Å². The second kappa shape index (κ2) is 7.64. The topological polar surface area (TPSA) is 63.9 Å². The third kappa shape index (κ3) is 4.10. The van der Waals surface area contributed by atoms with E-state index < -0.39 is 0 Å². The molecule has 2 aromatic rings. The van der Waals surface area contributed by atoms with Gasteiger partial charge in [0.25, 0.3) is 5.56 Å². The molecule has 1 aliphatic carbocycles. The quantitative estimate of drug-likeness (QED) is 0.811. The molecule has 1 saturated carbocycles. The van der Waals surface area contributed by atoms with Crippen molar-refractivity contribution in [2.24, 2.45) is 5.92 Å². The first-order valence-corrected chi connectivity index (χ1v) is 10.6. The number of hydrogen-bond donors (Lipinski definition) is 0. The van der Waals surface area contributed by atoms with Gasteiger partial charge in [0, 0.05) is 43.2 Å². The summed E-state index contributed by atoms with van der Waals surface area (Å²) in [6.45, 7) is 9.03. The summed E-state index contributed by atoms with van der Waals surface area (Å²) in [4.78, 5) is 23.9. The molecule has 2 aromatic heterocycles. The van der Waals surface area contributed by atoms with Crippen molar-refractivity contribution < 1.29 is 0 Å². The maximum Gasteiger partial charge on any atom is 0.266 e. The lowest BCUT2D eigenvalue weighted by Crippen LogP contribution is -2.38. The molecule has 1 saturated heterocycles. The van der Waals surface area contributed by atoms with Crippen LogP contribution in [0, 0.1) is 5.92 Å². The first-order valence-electron chi connectivity index (χ1n) is 10.6. The van der Waals surface area contributed by atoms with Gasteiger partial charge in [-0.2, -0.15) is 5.10 Å². The molecule has 0 aromatic carbocycles. The Morgan fingerprint density at radius 3 is 2.46 bits per heavy atom. The van der Waals surface area contributed by atoms with E-state index in [9.17, 15) is 4.79 Å². The van der Waals surface area contributed by atoms with Gasteiger partial charge in [-0.25, -0.2) is 14.6 Å². The van der Waals surface area contributed by atoms with Crippen molar-refractivity contribution in [1.82, 2.24) is 19.7 Å². The Labute approximate surface area is 167 Å². The van der Waals surface area contributed by atoms with Gasteiger partial charge in [0.05, 0.1) is 5.69 Å². The minimum Gasteiger partial charge on any atom is -0.356 e. The second-order valence-electron chi connectivity index (χ2n) is 9.32. The van der Waals surface area contributed by atoms with E-state index in [0.29, 0.717) is 18.4 Å². The molecule has 6 heteroatoms. The minimum absolute atomic E-state index is 0.00336. The predicted octanol–water partition coefficient (Wildman–Crippen LogP) is 3.51. The van der Waals surface area contributed by atoms with Crippen molar-refractivity contribution >= 4 is 5.82 Å². The van der Waals surface area contributed by atoms with E-state index in [0.717, 1.165) is 43.3 Å². The van der Waals surface area contributed by atoms with E-state index in [4.69, 9.17) is 4.98 Å². The maximum atomic E-state index is 12.3. The summed E-state index contributed by atoms with van der Waals surface area (Å²) in [5.41, 5.74) is 0.912. The fourth-order valence-electron chi connectivity index (χ4n) is 3.97. The lowest BCUT2D eigenvalue weighted by Gasteiger charge is -2.33. The van der Waals surface area contributed by atoms with Crippen LogP contribution in [0.1, 0.15) is 70.3 Å². The molecule has 28 heavy (non-hydrogen) atoms. The highest BCUT2D eigenvalue weighted by Gasteiger charge is 2.25. The van der Waals surface area contributed by atoms with Gasteiger partial charge >= 0.3 is 0 Å². The van der Waals surface area contributed by atoms with Gasteiger partial charge in [0.2, 0.25) is 0 Å². The van der Waals surface area contributed by atoms with Crippen molar-refractivity contribution in [3.8, 4) is 0 Å². The van der Waals surface area contributed by atoms with Gasteiger partial charge in [-0.05, 0) is 43.7 Å². The molecule has 0 atom stereocenters. The van der Waals surface area contributed by atoms with Gasteiger partial charge in [0.1, 0.15) is 11.6 Å². The molecule has 2 fully saturated rings. The number of hydrogen-bond acceptors (Lipinski definition) is 5. The Balaban J connectivity index is 1.39. The normalized spacial score (nSPS) is 18.9. The largest absolute Gasteiger partial charge is 0.356 e. The number of aromatic nitrogens is 4. The molecular weight excluding hydrogens is 350 g/mol. The lowest BCUT2D eigenvalue weighted by atomic mass is 9.85. The molecule has 0 N–H and O–H groups in total. The van der Waals surface area contributed by atoms with E-state index >= 15 is 0 Å². The van der Waals surface area contributed by atoms with Gasteiger partial charge < -0.3 is 4.90 Å². The Kier molecular flexibility index (Phi) is 5.21. The molecule has 6 nitrogen and oxygen atoms in total. The standard InChI is InChI=1S/C22H31N5O/c1-22(2,3)18-7-8-20(28)27(25-18)15-16-10-13-26(14-11-16)19-9-12-23-21(24-19)17-5-4-6-17/h7-9,12,16-17H,4-6,10-11,13-15H2,1-3H3. The van der Waals surface area contributed by atoms with Crippen LogP contribution in [0.5, 0.6) is 0 Å². The number of anilines is 1. The van der Waals surface area contributed by atoms with Crippen LogP contribution in [0.3, 0.4) is 0 Å².